The van der Waals surface area contributed by atoms with Crippen LogP contribution in [0.3, 0.4) is 0 Å². The lowest BCUT2D eigenvalue weighted by molar-refractivity contribution is -0.120. The Morgan fingerprint density at radius 2 is 1.61 bits per heavy atom. The summed E-state index contributed by atoms with van der Waals surface area (Å²) in [5.41, 5.74) is 6.53. The fourth-order valence-corrected chi connectivity index (χ4v) is 6.63. The number of anilines is 1. The average Bonchev–Trinajstić information content (AvgIpc) is 3.21. The highest BCUT2D eigenvalue weighted by Gasteiger charge is 2.32. The molecule has 2 aromatic carbocycles. The van der Waals surface area contributed by atoms with Crippen molar-refractivity contribution in [2.45, 2.75) is 45.4 Å². The van der Waals surface area contributed by atoms with Crippen molar-refractivity contribution in [3.05, 3.63) is 64.0 Å². The van der Waals surface area contributed by atoms with Gasteiger partial charge >= 0.3 is 0 Å². The SMILES string of the molecule is Cc1ccc(S(=O)(=O)N2CCC(C(=O)Nc3nc(-c4c(C)cc(C)cc4C)cs3)CC2)cc1. The second-order valence-corrected chi connectivity index (χ2v) is 11.6. The van der Waals surface area contributed by atoms with E-state index in [1.165, 1.54) is 21.2 Å². The van der Waals surface area contributed by atoms with Crippen molar-refractivity contribution >= 4 is 32.4 Å². The van der Waals surface area contributed by atoms with Crippen LogP contribution in [-0.4, -0.2) is 36.7 Å². The van der Waals surface area contributed by atoms with Crippen molar-refractivity contribution in [2.24, 2.45) is 5.92 Å². The first-order valence-corrected chi connectivity index (χ1v) is 13.4. The molecule has 0 radical (unpaired) electrons. The van der Waals surface area contributed by atoms with E-state index < -0.39 is 10.0 Å². The van der Waals surface area contributed by atoms with Gasteiger partial charge in [-0.15, -0.1) is 11.3 Å². The number of carbonyl (C=O) groups excluding carboxylic acids is 1. The fraction of sp³-hybridized carbons (Fsp3) is 0.360. The molecular formula is C25H29N3O3S2. The summed E-state index contributed by atoms with van der Waals surface area (Å²) in [6.45, 7) is 8.82. The molecule has 1 aliphatic rings. The number of piperidine rings is 1. The van der Waals surface area contributed by atoms with Gasteiger partial charge in [-0.05, 0) is 63.8 Å². The molecule has 8 heteroatoms. The molecule has 6 nitrogen and oxygen atoms in total. The van der Waals surface area contributed by atoms with E-state index in [9.17, 15) is 13.2 Å². The van der Waals surface area contributed by atoms with Crippen molar-refractivity contribution in [3.63, 3.8) is 0 Å². The maximum atomic E-state index is 12.9. The third-order valence-electron chi connectivity index (χ3n) is 6.15. The van der Waals surface area contributed by atoms with Gasteiger partial charge in [-0.2, -0.15) is 4.31 Å². The predicted octanol–water partition coefficient (Wildman–Crippen LogP) is 5.08. The molecule has 0 saturated carbocycles. The molecule has 3 aromatic rings. The van der Waals surface area contributed by atoms with E-state index >= 15 is 0 Å². The molecule has 1 aromatic heterocycles. The van der Waals surface area contributed by atoms with Crippen LogP contribution >= 0.6 is 11.3 Å². The Morgan fingerprint density at radius 3 is 2.21 bits per heavy atom. The maximum absolute atomic E-state index is 12.9. The van der Waals surface area contributed by atoms with Gasteiger partial charge in [0.15, 0.2) is 5.13 Å². The lowest BCUT2D eigenvalue weighted by atomic mass is 9.97. The van der Waals surface area contributed by atoms with E-state index in [1.54, 1.807) is 24.3 Å². The van der Waals surface area contributed by atoms with Crippen molar-refractivity contribution in [1.82, 2.24) is 9.29 Å². The molecule has 1 aliphatic heterocycles. The topological polar surface area (TPSA) is 79.4 Å². The zero-order chi connectivity index (χ0) is 23.8. The first kappa shape index (κ1) is 23.6. The van der Waals surface area contributed by atoms with E-state index in [0.717, 1.165) is 27.9 Å². The number of sulfonamides is 1. The number of nitrogens with zero attached hydrogens (tertiary/aromatic N) is 2. The number of thiazole rings is 1. The first-order chi connectivity index (χ1) is 15.6. The van der Waals surface area contributed by atoms with Gasteiger partial charge in [0.05, 0.1) is 10.6 Å². The van der Waals surface area contributed by atoms with E-state index in [4.69, 9.17) is 0 Å². The monoisotopic (exact) mass is 483 g/mol. The Kier molecular flexibility index (Phi) is 6.70. The summed E-state index contributed by atoms with van der Waals surface area (Å²) in [4.78, 5) is 17.8. The van der Waals surface area contributed by atoms with E-state index in [1.807, 2.05) is 12.3 Å². The van der Waals surface area contributed by atoms with Gasteiger partial charge < -0.3 is 5.32 Å². The van der Waals surface area contributed by atoms with Crippen LogP contribution in [0.15, 0.2) is 46.7 Å². The van der Waals surface area contributed by atoms with Gasteiger partial charge in [-0.3, -0.25) is 4.79 Å². The summed E-state index contributed by atoms with van der Waals surface area (Å²) in [5.74, 6) is -0.328. The maximum Gasteiger partial charge on any atom is 0.243 e. The first-order valence-electron chi connectivity index (χ1n) is 11.1. The Morgan fingerprint density at radius 1 is 1.00 bits per heavy atom. The number of hydrogen-bond acceptors (Lipinski definition) is 5. The Labute approximate surface area is 199 Å². The number of amides is 1. The molecule has 0 spiro atoms. The molecule has 1 N–H and O–H groups in total. The molecule has 1 amide bonds. The number of rotatable bonds is 5. The zero-order valence-electron chi connectivity index (χ0n) is 19.4. The zero-order valence-corrected chi connectivity index (χ0v) is 21.0. The molecular weight excluding hydrogens is 454 g/mol. The van der Waals surface area contributed by atoms with Crippen LogP contribution in [0.25, 0.3) is 11.3 Å². The lowest BCUT2D eigenvalue weighted by Gasteiger charge is -2.30. The highest BCUT2D eigenvalue weighted by Crippen LogP contribution is 2.32. The Balaban J connectivity index is 1.39. The van der Waals surface area contributed by atoms with Crippen molar-refractivity contribution in [1.29, 1.82) is 0 Å². The third kappa shape index (κ3) is 5.03. The second-order valence-electron chi connectivity index (χ2n) is 8.79. The van der Waals surface area contributed by atoms with E-state index in [-0.39, 0.29) is 11.8 Å². The number of carbonyl (C=O) groups is 1. The van der Waals surface area contributed by atoms with E-state index in [0.29, 0.717) is 36.0 Å². The van der Waals surface area contributed by atoms with Gasteiger partial charge in [0.2, 0.25) is 15.9 Å². The predicted molar refractivity (Wildman–Crippen MR) is 133 cm³/mol. The number of nitrogens with one attached hydrogen (secondary N) is 1. The van der Waals surface area contributed by atoms with Gasteiger partial charge in [0.25, 0.3) is 0 Å². The summed E-state index contributed by atoms with van der Waals surface area (Å²) in [6.07, 6.45) is 0.983. The average molecular weight is 484 g/mol. The van der Waals surface area contributed by atoms with Crippen LogP contribution in [0, 0.1) is 33.6 Å². The van der Waals surface area contributed by atoms with Crippen molar-refractivity contribution in [2.75, 3.05) is 18.4 Å². The van der Waals surface area contributed by atoms with Crippen molar-refractivity contribution < 1.29 is 13.2 Å². The number of hydrogen-bond donors (Lipinski definition) is 1. The molecule has 2 heterocycles. The normalized spacial score (nSPS) is 15.5. The molecule has 0 atom stereocenters. The molecule has 33 heavy (non-hydrogen) atoms. The minimum atomic E-state index is -3.53. The van der Waals surface area contributed by atoms with Crippen LogP contribution in [-0.2, 0) is 14.8 Å². The van der Waals surface area contributed by atoms with Crippen LogP contribution in [0.1, 0.15) is 35.1 Å². The van der Waals surface area contributed by atoms with Crippen LogP contribution < -0.4 is 5.32 Å². The molecule has 1 saturated heterocycles. The van der Waals surface area contributed by atoms with E-state index in [2.05, 4.69) is 43.2 Å². The summed E-state index contributed by atoms with van der Waals surface area (Å²) in [6, 6.07) is 11.2. The molecule has 174 valence electrons. The number of benzene rings is 2. The molecule has 0 bridgehead atoms. The van der Waals surface area contributed by atoms with Crippen LogP contribution in [0.4, 0.5) is 5.13 Å². The standard InChI is InChI=1S/C25H29N3O3S2/c1-16-5-7-21(8-6-16)33(30,31)28-11-9-20(10-12-28)24(29)27-25-26-22(15-32-25)23-18(3)13-17(2)14-19(23)4/h5-8,13-15,20H,9-12H2,1-4H3,(H,26,27,29). The summed E-state index contributed by atoms with van der Waals surface area (Å²) in [7, 11) is -3.53. The Hall–Kier alpha value is -2.55. The van der Waals surface area contributed by atoms with Crippen LogP contribution in [0.5, 0.6) is 0 Å². The third-order valence-corrected chi connectivity index (χ3v) is 8.82. The number of aromatic nitrogens is 1. The van der Waals surface area contributed by atoms with Gasteiger partial charge in [-0.25, -0.2) is 13.4 Å². The lowest BCUT2D eigenvalue weighted by Crippen LogP contribution is -2.41. The quantitative estimate of drug-likeness (QED) is 0.549. The van der Waals surface area contributed by atoms with Gasteiger partial charge in [0.1, 0.15) is 0 Å². The Bertz CT molecular complexity index is 1250. The fourth-order valence-electron chi connectivity index (χ4n) is 4.46. The van der Waals surface area contributed by atoms with Gasteiger partial charge in [0, 0.05) is 30.0 Å². The molecule has 0 aliphatic carbocycles. The highest BCUT2D eigenvalue weighted by molar-refractivity contribution is 7.89. The molecule has 1 fully saturated rings. The largest absolute Gasteiger partial charge is 0.302 e. The molecule has 4 rings (SSSR count). The summed E-state index contributed by atoms with van der Waals surface area (Å²) >= 11 is 1.41. The minimum absolute atomic E-state index is 0.0966. The summed E-state index contributed by atoms with van der Waals surface area (Å²) in [5, 5.41) is 5.49. The molecule has 0 unspecified atom stereocenters. The van der Waals surface area contributed by atoms with Crippen LogP contribution in [0.2, 0.25) is 0 Å². The smallest absolute Gasteiger partial charge is 0.243 e. The minimum Gasteiger partial charge on any atom is -0.302 e. The highest BCUT2D eigenvalue weighted by atomic mass is 32.2. The summed E-state index contributed by atoms with van der Waals surface area (Å²) < 4.78 is 27.3. The number of aryl methyl sites for hydroxylation is 4. The van der Waals surface area contributed by atoms with Crippen molar-refractivity contribution in [3.8, 4) is 11.3 Å². The second kappa shape index (κ2) is 9.37. The van der Waals surface area contributed by atoms with Gasteiger partial charge in [-0.1, -0.05) is 35.4 Å².